The van der Waals surface area contributed by atoms with E-state index in [-0.39, 0.29) is 23.6 Å². The van der Waals surface area contributed by atoms with E-state index in [2.05, 4.69) is 15.2 Å². The van der Waals surface area contributed by atoms with Crippen LogP contribution in [0, 0.1) is 11.7 Å². The van der Waals surface area contributed by atoms with Gasteiger partial charge in [0.05, 0.1) is 37.5 Å². The van der Waals surface area contributed by atoms with Crippen molar-refractivity contribution in [1.29, 1.82) is 0 Å². The van der Waals surface area contributed by atoms with Gasteiger partial charge in [-0.3, -0.25) is 5.10 Å². The maximum atomic E-state index is 13.7. The lowest BCUT2D eigenvalue weighted by Crippen LogP contribution is -2.39. The number of pyridine rings is 1. The number of H-pyrrole nitrogens is 1. The number of aromatic amines is 1. The largest absolute Gasteiger partial charge is 0.492 e. The molecule has 10 heteroatoms. The lowest BCUT2D eigenvalue weighted by atomic mass is 9.96. The minimum absolute atomic E-state index is 0.0453. The van der Waals surface area contributed by atoms with Crippen LogP contribution < -0.4 is 4.74 Å². The second-order valence-electron chi connectivity index (χ2n) is 8.87. The van der Waals surface area contributed by atoms with Crippen LogP contribution >= 0.6 is 0 Å². The van der Waals surface area contributed by atoms with Crippen LogP contribution in [0.2, 0.25) is 0 Å². The van der Waals surface area contributed by atoms with Gasteiger partial charge >= 0.3 is 12.1 Å². The Morgan fingerprint density at radius 2 is 1.83 bits per heavy atom. The molecule has 4 rings (SSSR count). The molecule has 1 aromatic carbocycles. The number of aromatic nitrogens is 3. The molecule has 0 saturated carbocycles. The highest BCUT2D eigenvalue weighted by Crippen LogP contribution is 2.41. The fourth-order valence-corrected chi connectivity index (χ4v) is 4.35. The monoisotopic (exact) mass is 484 g/mol. The molecule has 186 valence electrons. The van der Waals surface area contributed by atoms with Crippen molar-refractivity contribution >= 4 is 23.1 Å². The molecule has 0 bridgehead atoms. The minimum Gasteiger partial charge on any atom is -0.492 e. The molecule has 1 aliphatic rings. The summed E-state index contributed by atoms with van der Waals surface area (Å²) in [4.78, 5) is 30.7. The van der Waals surface area contributed by atoms with Gasteiger partial charge in [0.15, 0.2) is 11.3 Å². The predicted molar refractivity (Wildman–Crippen MR) is 127 cm³/mol. The van der Waals surface area contributed by atoms with Crippen LogP contribution in [0.25, 0.3) is 22.2 Å². The average molecular weight is 485 g/mol. The van der Waals surface area contributed by atoms with Crippen LogP contribution in [0.4, 0.5) is 9.18 Å². The summed E-state index contributed by atoms with van der Waals surface area (Å²) >= 11 is 0. The molecule has 0 unspecified atom stereocenters. The Balaban J connectivity index is 1.78. The zero-order valence-corrected chi connectivity index (χ0v) is 20.3. The zero-order chi connectivity index (χ0) is 25.1. The fraction of sp³-hybridized carbons (Fsp3) is 0.440. The van der Waals surface area contributed by atoms with Crippen LogP contribution in [0.3, 0.4) is 0 Å². The van der Waals surface area contributed by atoms with E-state index in [1.54, 1.807) is 17.0 Å². The highest BCUT2D eigenvalue weighted by atomic mass is 19.1. The van der Waals surface area contributed by atoms with Gasteiger partial charge in [-0.05, 0) is 42.4 Å². The number of rotatable bonds is 6. The van der Waals surface area contributed by atoms with Crippen molar-refractivity contribution in [3.8, 4) is 16.9 Å². The molecular formula is C25H29FN4O5. The van der Waals surface area contributed by atoms with Crippen molar-refractivity contribution in [1.82, 2.24) is 20.1 Å². The zero-order valence-electron chi connectivity index (χ0n) is 20.3. The summed E-state index contributed by atoms with van der Waals surface area (Å²) in [6.07, 6.45) is 1.17. The first-order valence-electron chi connectivity index (χ1n) is 11.6. The molecule has 1 fully saturated rings. The van der Waals surface area contributed by atoms with E-state index in [1.165, 1.54) is 26.4 Å². The molecule has 3 heterocycles. The smallest absolute Gasteiger partial charge is 0.409 e. The first-order chi connectivity index (χ1) is 16.8. The Bertz CT molecular complexity index is 1220. The van der Waals surface area contributed by atoms with Crippen LogP contribution in [0.1, 0.15) is 48.8 Å². The van der Waals surface area contributed by atoms with E-state index in [9.17, 15) is 14.0 Å². The number of hydrogen-bond donors (Lipinski definition) is 1. The van der Waals surface area contributed by atoms with Crippen molar-refractivity contribution in [2.45, 2.75) is 32.6 Å². The number of likely N-dealkylation sites (tertiary alicyclic amines) is 1. The summed E-state index contributed by atoms with van der Waals surface area (Å²) < 4.78 is 30.0. The molecule has 1 saturated heterocycles. The number of carbonyl (C=O) groups excluding carboxylic acids is 2. The highest BCUT2D eigenvalue weighted by Gasteiger charge is 2.29. The lowest BCUT2D eigenvalue weighted by Gasteiger charge is -2.31. The third-order valence-corrected chi connectivity index (χ3v) is 6.28. The van der Waals surface area contributed by atoms with Crippen molar-refractivity contribution in [2.75, 3.05) is 33.9 Å². The number of carbonyl (C=O) groups is 2. The van der Waals surface area contributed by atoms with E-state index in [0.29, 0.717) is 47.6 Å². The van der Waals surface area contributed by atoms with Crippen molar-refractivity contribution in [2.24, 2.45) is 5.92 Å². The van der Waals surface area contributed by atoms with Gasteiger partial charge in [-0.1, -0.05) is 26.0 Å². The van der Waals surface area contributed by atoms with Crippen LogP contribution in [-0.2, 0) is 9.47 Å². The second-order valence-corrected chi connectivity index (χ2v) is 8.87. The molecule has 0 aliphatic carbocycles. The highest BCUT2D eigenvalue weighted by molar-refractivity contribution is 6.03. The van der Waals surface area contributed by atoms with E-state index in [1.807, 2.05) is 13.8 Å². The summed E-state index contributed by atoms with van der Waals surface area (Å²) in [7, 11) is 2.65. The predicted octanol–water partition coefficient (Wildman–Crippen LogP) is 4.53. The summed E-state index contributed by atoms with van der Waals surface area (Å²) in [5.74, 6) is -0.312. The maximum absolute atomic E-state index is 13.7. The van der Waals surface area contributed by atoms with Gasteiger partial charge in [-0.25, -0.2) is 19.0 Å². The molecule has 9 nitrogen and oxygen atoms in total. The van der Waals surface area contributed by atoms with Crippen LogP contribution in [-0.4, -0.2) is 66.1 Å². The topological polar surface area (TPSA) is 107 Å². The number of amides is 1. The number of hydrogen-bond acceptors (Lipinski definition) is 7. The van der Waals surface area contributed by atoms with Gasteiger partial charge in [0.2, 0.25) is 0 Å². The number of ether oxygens (including phenoxy) is 3. The summed E-state index contributed by atoms with van der Waals surface area (Å²) in [6.45, 7) is 5.56. The molecule has 3 aromatic rings. The Kier molecular flexibility index (Phi) is 7.18. The molecule has 1 amide bonds. The third-order valence-electron chi connectivity index (χ3n) is 6.28. The molecule has 1 N–H and O–H groups in total. The van der Waals surface area contributed by atoms with Gasteiger partial charge in [0, 0.05) is 13.1 Å². The second kappa shape index (κ2) is 10.3. The summed E-state index contributed by atoms with van der Waals surface area (Å²) in [5.41, 5.74) is 2.22. The Morgan fingerprint density at radius 3 is 2.43 bits per heavy atom. The number of piperidine rings is 1. The number of nitrogens with one attached hydrogen (secondary N) is 1. The minimum atomic E-state index is -0.642. The Labute approximate surface area is 202 Å². The number of methoxy groups -OCH3 is 2. The van der Waals surface area contributed by atoms with Crippen molar-refractivity contribution in [3.63, 3.8) is 0 Å². The normalized spacial score (nSPS) is 14.4. The number of fused-ring (bicyclic) bond motifs is 1. The molecule has 1 aliphatic heterocycles. The number of benzene rings is 1. The molecular weight excluding hydrogens is 455 g/mol. The molecule has 0 spiro atoms. The van der Waals surface area contributed by atoms with E-state index in [0.717, 1.165) is 18.5 Å². The lowest BCUT2D eigenvalue weighted by molar-refractivity contribution is 0.0595. The quantitative estimate of drug-likeness (QED) is 0.512. The standard InChI is InChI=1S/C25H29FN4O5/c1-14(2)20-19-22(35-13-15-9-11-30(12-10-15)25(32)34-4)18(16-5-7-17(26)8-6-16)21(24(31)33-3)27-23(19)29-28-20/h5-8,14-15H,9-13H2,1-4H3,(H,27,28,29). The third kappa shape index (κ3) is 4.91. The van der Waals surface area contributed by atoms with Gasteiger partial charge in [-0.15, -0.1) is 0 Å². The fourth-order valence-electron chi connectivity index (χ4n) is 4.35. The first kappa shape index (κ1) is 24.4. The van der Waals surface area contributed by atoms with Crippen LogP contribution in [0.5, 0.6) is 5.75 Å². The Morgan fingerprint density at radius 1 is 1.14 bits per heavy atom. The van der Waals surface area contributed by atoms with Gasteiger partial charge in [0.25, 0.3) is 0 Å². The molecule has 0 radical (unpaired) electrons. The molecule has 2 aromatic heterocycles. The number of esters is 1. The van der Waals surface area contributed by atoms with E-state index >= 15 is 0 Å². The maximum Gasteiger partial charge on any atom is 0.409 e. The molecule has 35 heavy (non-hydrogen) atoms. The van der Waals surface area contributed by atoms with Crippen LogP contribution in [0.15, 0.2) is 24.3 Å². The van der Waals surface area contributed by atoms with E-state index in [4.69, 9.17) is 14.2 Å². The van der Waals surface area contributed by atoms with Crippen molar-refractivity contribution in [3.05, 3.63) is 41.5 Å². The van der Waals surface area contributed by atoms with Crippen molar-refractivity contribution < 1.29 is 28.2 Å². The SMILES string of the molecule is COC(=O)c1nc2n[nH]c(C(C)C)c2c(OCC2CCN(C(=O)OC)CC2)c1-c1ccc(F)cc1. The van der Waals surface area contributed by atoms with Gasteiger partial charge in [-0.2, -0.15) is 5.10 Å². The van der Waals surface area contributed by atoms with E-state index < -0.39 is 11.8 Å². The first-order valence-corrected chi connectivity index (χ1v) is 11.6. The number of nitrogens with zero attached hydrogens (tertiary/aromatic N) is 3. The van der Waals surface area contributed by atoms with Gasteiger partial charge in [0.1, 0.15) is 11.6 Å². The number of halogens is 1. The van der Waals surface area contributed by atoms with Gasteiger partial charge < -0.3 is 19.1 Å². The summed E-state index contributed by atoms with van der Waals surface area (Å²) in [6, 6.07) is 5.82. The summed E-state index contributed by atoms with van der Waals surface area (Å²) in [5, 5.41) is 8.02. The average Bonchev–Trinajstić information content (AvgIpc) is 3.31. The molecule has 0 atom stereocenters. The Hall–Kier alpha value is -3.69.